The molecule has 1 amide bonds. The normalized spacial score (nSPS) is 31.7. The van der Waals surface area contributed by atoms with Gasteiger partial charge < -0.3 is 5.73 Å². The molecule has 0 aromatic rings. The van der Waals surface area contributed by atoms with E-state index in [0.29, 0.717) is 12.3 Å². The Labute approximate surface area is 67.1 Å². The number of carbonyl (C=O) groups excluding carboxylic acids is 1. The molecule has 1 aliphatic carbocycles. The average molecular weight is 155 g/mol. The molecule has 0 bridgehead atoms. The highest BCUT2D eigenvalue weighted by molar-refractivity contribution is 5.73. The highest BCUT2D eigenvalue weighted by atomic mass is 16.1. The summed E-state index contributed by atoms with van der Waals surface area (Å²) >= 11 is 0. The smallest absolute Gasteiger partial charge is 0.238 e. The summed E-state index contributed by atoms with van der Waals surface area (Å²) in [7, 11) is 0. The van der Waals surface area contributed by atoms with Crippen molar-refractivity contribution in [2.24, 2.45) is 11.7 Å². The number of amides is 1. The molecule has 0 aromatic heterocycles. The van der Waals surface area contributed by atoms with E-state index in [1.807, 2.05) is 0 Å². The molecule has 63 valence electrons. The van der Waals surface area contributed by atoms with Gasteiger partial charge in [-0.2, -0.15) is 0 Å². The summed E-state index contributed by atoms with van der Waals surface area (Å²) in [6.45, 7) is 0. The molecular formula is C8H15N2O. The van der Waals surface area contributed by atoms with Crippen LogP contribution in [0.3, 0.4) is 0 Å². The van der Waals surface area contributed by atoms with Crippen LogP contribution < -0.4 is 11.5 Å². The summed E-state index contributed by atoms with van der Waals surface area (Å²) in [5, 5.41) is 0. The average Bonchev–Trinajstić information content (AvgIpc) is 1.85. The van der Waals surface area contributed by atoms with Crippen molar-refractivity contribution in [1.82, 2.24) is 5.73 Å². The molecule has 1 fully saturated rings. The van der Waals surface area contributed by atoms with Crippen molar-refractivity contribution in [2.45, 2.75) is 38.1 Å². The van der Waals surface area contributed by atoms with Gasteiger partial charge in [0, 0.05) is 12.5 Å². The van der Waals surface area contributed by atoms with Gasteiger partial charge >= 0.3 is 0 Å². The zero-order valence-electron chi connectivity index (χ0n) is 6.68. The van der Waals surface area contributed by atoms with Crippen LogP contribution in [0.2, 0.25) is 0 Å². The van der Waals surface area contributed by atoms with E-state index in [0.717, 1.165) is 25.7 Å². The zero-order chi connectivity index (χ0) is 8.27. The lowest BCUT2D eigenvalue weighted by Gasteiger charge is -2.25. The standard InChI is InChI=1S/C8H15N2O/c9-7-3-1-2-6(4-7)5-8(10)11/h6-7,10H,1-5,9H2/t6-,7+/m1/s1. The molecule has 2 atom stereocenters. The summed E-state index contributed by atoms with van der Waals surface area (Å²) in [5.41, 5.74) is 12.5. The monoisotopic (exact) mass is 155 g/mol. The fourth-order valence-corrected chi connectivity index (χ4v) is 1.78. The van der Waals surface area contributed by atoms with Gasteiger partial charge in [0.2, 0.25) is 5.91 Å². The Kier molecular flexibility index (Phi) is 2.88. The molecule has 0 unspecified atom stereocenters. The Morgan fingerprint density at radius 3 is 2.82 bits per heavy atom. The second-order valence-corrected chi connectivity index (χ2v) is 3.42. The second kappa shape index (κ2) is 3.72. The number of hydrogen-bond acceptors (Lipinski definition) is 2. The first kappa shape index (κ1) is 8.53. The predicted octanol–water partition coefficient (Wildman–Crippen LogP) is 0.704. The van der Waals surface area contributed by atoms with E-state index >= 15 is 0 Å². The fourth-order valence-electron chi connectivity index (χ4n) is 1.78. The van der Waals surface area contributed by atoms with Crippen molar-refractivity contribution < 1.29 is 4.79 Å². The summed E-state index contributed by atoms with van der Waals surface area (Å²) in [6, 6.07) is 0.271. The van der Waals surface area contributed by atoms with Crippen molar-refractivity contribution in [3.8, 4) is 0 Å². The number of rotatable bonds is 2. The molecule has 3 nitrogen and oxygen atoms in total. The first-order valence-corrected chi connectivity index (χ1v) is 4.18. The Morgan fingerprint density at radius 2 is 2.27 bits per heavy atom. The maximum absolute atomic E-state index is 10.4. The maximum Gasteiger partial charge on any atom is 0.238 e. The molecule has 0 spiro atoms. The summed E-state index contributed by atoms with van der Waals surface area (Å²) < 4.78 is 0. The quantitative estimate of drug-likeness (QED) is 0.638. The van der Waals surface area contributed by atoms with E-state index in [4.69, 9.17) is 11.5 Å². The van der Waals surface area contributed by atoms with Gasteiger partial charge in [0.05, 0.1) is 0 Å². The van der Waals surface area contributed by atoms with Crippen molar-refractivity contribution in [3.63, 3.8) is 0 Å². The summed E-state index contributed by atoms with van der Waals surface area (Å²) in [4.78, 5) is 10.4. The van der Waals surface area contributed by atoms with Gasteiger partial charge in [0.1, 0.15) is 0 Å². The molecule has 0 aliphatic heterocycles. The van der Waals surface area contributed by atoms with Crippen LogP contribution in [0.1, 0.15) is 32.1 Å². The molecule has 0 heterocycles. The number of carbonyl (C=O) groups is 1. The Bertz CT molecular complexity index is 147. The molecule has 0 saturated heterocycles. The van der Waals surface area contributed by atoms with Gasteiger partial charge in [-0.25, -0.2) is 0 Å². The molecule has 3 N–H and O–H groups in total. The SMILES string of the molecule is [NH]C(=O)C[C@@H]1CCC[C@H](N)C1. The van der Waals surface area contributed by atoms with Crippen LogP contribution in [0.25, 0.3) is 0 Å². The largest absolute Gasteiger partial charge is 0.328 e. The highest BCUT2D eigenvalue weighted by Gasteiger charge is 2.20. The third-order valence-electron chi connectivity index (χ3n) is 2.30. The van der Waals surface area contributed by atoms with E-state index in [1.165, 1.54) is 0 Å². The molecule has 0 aromatic carbocycles. The number of nitrogens with two attached hydrogens (primary N) is 1. The van der Waals surface area contributed by atoms with Gasteiger partial charge in [-0.1, -0.05) is 6.42 Å². The minimum absolute atomic E-state index is 0.271. The van der Waals surface area contributed by atoms with Crippen molar-refractivity contribution in [3.05, 3.63) is 0 Å². The van der Waals surface area contributed by atoms with Gasteiger partial charge in [-0.05, 0) is 25.2 Å². The minimum Gasteiger partial charge on any atom is -0.328 e. The highest BCUT2D eigenvalue weighted by Crippen LogP contribution is 2.25. The van der Waals surface area contributed by atoms with Gasteiger partial charge in [0.15, 0.2) is 0 Å². The van der Waals surface area contributed by atoms with Crippen molar-refractivity contribution in [2.75, 3.05) is 0 Å². The molecule has 3 heteroatoms. The minimum atomic E-state index is -0.441. The van der Waals surface area contributed by atoms with Crippen LogP contribution in [0, 0.1) is 5.92 Å². The summed E-state index contributed by atoms with van der Waals surface area (Å²) in [5.74, 6) is -0.0483. The molecule has 1 saturated carbocycles. The van der Waals surface area contributed by atoms with E-state index in [-0.39, 0.29) is 6.04 Å². The Balaban J connectivity index is 2.28. The van der Waals surface area contributed by atoms with Crippen LogP contribution in [-0.4, -0.2) is 11.9 Å². The first-order chi connectivity index (χ1) is 5.18. The van der Waals surface area contributed by atoms with Gasteiger partial charge in [-0.3, -0.25) is 10.5 Å². The molecule has 1 radical (unpaired) electrons. The van der Waals surface area contributed by atoms with Crippen LogP contribution in [0.15, 0.2) is 0 Å². The second-order valence-electron chi connectivity index (χ2n) is 3.42. The zero-order valence-corrected chi connectivity index (χ0v) is 6.68. The van der Waals surface area contributed by atoms with Crippen LogP contribution in [-0.2, 0) is 4.79 Å². The van der Waals surface area contributed by atoms with Crippen LogP contribution >= 0.6 is 0 Å². The van der Waals surface area contributed by atoms with Crippen LogP contribution in [0.5, 0.6) is 0 Å². The third-order valence-corrected chi connectivity index (χ3v) is 2.30. The predicted molar refractivity (Wildman–Crippen MR) is 42.7 cm³/mol. The van der Waals surface area contributed by atoms with E-state index in [1.54, 1.807) is 0 Å². The third kappa shape index (κ3) is 2.89. The lowest BCUT2D eigenvalue weighted by Crippen LogP contribution is -2.28. The lowest BCUT2D eigenvalue weighted by atomic mass is 9.84. The van der Waals surface area contributed by atoms with Crippen molar-refractivity contribution in [1.29, 1.82) is 0 Å². The van der Waals surface area contributed by atoms with Gasteiger partial charge in [0.25, 0.3) is 0 Å². The van der Waals surface area contributed by atoms with E-state index in [2.05, 4.69) is 0 Å². The molecule has 1 rings (SSSR count). The number of nitrogens with one attached hydrogen (secondary N) is 1. The summed E-state index contributed by atoms with van der Waals surface area (Å²) in [6.07, 6.45) is 4.64. The van der Waals surface area contributed by atoms with Crippen LogP contribution in [0.4, 0.5) is 0 Å². The number of hydrogen-bond donors (Lipinski definition) is 1. The van der Waals surface area contributed by atoms with Gasteiger partial charge in [-0.15, -0.1) is 0 Å². The van der Waals surface area contributed by atoms with E-state index < -0.39 is 5.91 Å². The Hall–Kier alpha value is -0.570. The Morgan fingerprint density at radius 1 is 1.55 bits per heavy atom. The first-order valence-electron chi connectivity index (χ1n) is 4.18. The fraction of sp³-hybridized carbons (Fsp3) is 0.875. The lowest BCUT2D eigenvalue weighted by molar-refractivity contribution is -0.119. The van der Waals surface area contributed by atoms with Crippen molar-refractivity contribution >= 4 is 5.91 Å². The molecular weight excluding hydrogens is 140 g/mol. The van der Waals surface area contributed by atoms with E-state index in [9.17, 15) is 4.79 Å². The molecule has 11 heavy (non-hydrogen) atoms. The topological polar surface area (TPSA) is 66.9 Å². The molecule has 1 aliphatic rings. The maximum atomic E-state index is 10.4.